The lowest BCUT2D eigenvalue weighted by atomic mass is 10.1. The van der Waals surface area contributed by atoms with E-state index >= 15 is 0 Å². The summed E-state index contributed by atoms with van der Waals surface area (Å²) in [5, 5.41) is 0.268. The molecule has 1 aliphatic heterocycles. The number of anilines is 2. The molecule has 1 aromatic carbocycles. The minimum atomic E-state index is -4.36. The number of rotatable bonds is 3. The molecule has 2 aromatic rings. The van der Waals surface area contributed by atoms with Crippen LogP contribution in [0.5, 0.6) is 0 Å². The van der Waals surface area contributed by atoms with Crippen molar-refractivity contribution in [1.29, 1.82) is 0 Å². The van der Waals surface area contributed by atoms with E-state index in [0.29, 0.717) is 13.0 Å². The average Bonchev–Trinajstić information content (AvgIpc) is 2.90. The number of thiazole rings is 1. The molecular weight excluding hydrogens is 430 g/mol. The van der Waals surface area contributed by atoms with Crippen LogP contribution in [0.25, 0.3) is 0 Å². The van der Waals surface area contributed by atoms with E-state index in [1.165, 1.54) is 11.8 Å². The maximum absolute atomic E-state index is 13.0. The topological polar surface area (TPSA) is 90.8 Å². The van der Waals surface area contributed by atoms with Gasteiger partial charge in [-0.15, -0.1) is 0 Å². The van der Waals surface area contributed by atoms with Crippen molar-refractivity contribution in [3.63, 3.8) is 0 Å². The fourth-order valence-electron chi connectivity index (χ4n) is 2.70. The predicted molar refractivity (Wildman–Crippen MR) is 100 cm³/mol. The molecule has 0 aliphatic carbocycles. The van der Waals surface area contributed by atoms with E-state index in [2.05, 4.69) is 20.9 Å². The molecular formula is C15H16BrN3O4S2. The van der Waals surface area contributed by atoms with Crippen LogP contribution in [0.1, 0.15) is 19.0 Å². The van der Waals surface area contributed by atoms with Gasteiger partial charge < -0.3 is 0 Å². The van der Waals surface area contributed by atoms with Crippen LogP contribution in [-0.4, -0.2) is 36.6 Å². The van der Waals surface area contributed by atoms with Gasteiger partial charge in [0, 0.05) is 22.7 Å². The van der Waals surface area contributed by atoms with Crippen molar-refractivity contribution in [2.45, 2.75) is 30.5 Å². The van der Waals surface area contributed by atoms with E-state index in [9.17, 15) is 17.8 Å². The number of hydrogen-bond donors (Lipinski definition) is 1. The monoisotopic (exact) mass is 445 g/mol. The number of nitrogens with zero attached hydrogens (tertiary/aromatic N) is 3. The Kier molecular flexibility index (Phi) is 4.89. The van der Waals surface area contributed by atoms with Gasteiger partial charge >= 0.3 is 16.1 Å². The number of aryl methyl sites for hydroxylation is 1. The summed E-state index contributed by atoms with van der Waals surface area (Å²) in [5.41, 5.74) is 0.941. The molecule has 1 fully saturated rings. The molecule has 1 saturated heterocycles. The highest BCUT2D eigenvalue weighted by molar-refractivity contribution is 9.10. The lowest BCUT2D eigenvalue weighted by molar-refractivity contribution is 0.245. The molecule has 7 nitrogen and oxygen atoms in total. The van der Waals surface area contributed by atoms with Gasteiger partial charge in [-0.05, 0) is 44.5 Å². The Bertz CT molecular complexity index is 911. The van der Waals surface area contributed by atoms with Crippen LogP contribution in [0.15, 0.2) is 32.9 Å². The first-order valence-corrected chi connectivity index (χ1v) is 10.5. The van der Waals surface area contributed by atoms with Gasteiger partial charge in [-0.1, -0.05) is 27.3 Å². The van der Waals surface area contributed by atoms with Gasteiger partial charge in [-0.25, -0.2) is 9.78 Å². The minimum Gasteiger partial charge on any atom is -0.294 e. The Labute approximate surface area is 158 Å². The van der Waals surface area contributed by atoms with Crippen LogP contribution in [0.4, 0.5) is 15.6 Å². The molecule has 25 heavy (non-hydrogen) atoms. The predicted octanol–water partition coefficient (Wildman–Crippen LogP) is 3.69. The number of hydrogen-bond acceptors (Lipinski definition) is 5. The first-order chi connectivity index (χ1) is 11.7. The quantitative estimate of drug-likeness (QED) is 0.727. The average molecular weight is 446 g/mol. The summed E-state index contributed by atoms with van der Waals surface area (Å²) in [6.45, 7) is 3.95. The zero-order valence-electron chi connectivity index (χ0n) is 13.5. The molecule has 0 saturated carbocycles. The van der Waals surface area contributed by atoms with Gasteiger partial charge in [0.2, 0.25) is 0 Å². The summed E-state index contributed by atoms with van der Waals surface area (Å²) in [5.74, 6) is 0. The zero-order chi connectivity index (χ0) is 18.4. The summed E-state index contributed by atoms with van der Waals surface area (Å²) < 4.78 is 32.9. The van der Waals surface area contributed by atoms with Crippen molar-refractivity contribution in [1.82, 2.24) is 4.98 Å². The number of benzene rings is 1. The van der Waals surface area contributed by atoms with Gasteiger partial charge in [0.25, 0.3) is 0 Å². The SMILES string of the molecule is Cc1nc(N2C(=O)N(c3ccc(Br)cc3)CCC2C)sc1S(=O)(=O)O. The second kappa shape index (κ2) is 6.67. The minimum absolute atomic E-state index is 0.126. The standard InChI is InChI=1S/C15H16BrN3O4S2/c1-9-7-8-18(12-5-3-11(16)4-6-12)15(20)19(9)14-17-10(2)13(24-14)25(21,22)23/h3-6,9H,7-8H2,1-2H3,(H,21,22,23). The van der Waals surface area contributed by atoms with Gasteiger partial charge in [-0.2, -0.15) is 8.42 Å². The smallest absolute Gasteiger partial charge is 0.294 e. The molecule has 10 heteroatoms. The highest BCUT2D eigenvalue weighted by Gasteiger charge is 2.35. The third kappa shape index (κ3) is 3.57. The lowest BCUT2D eigenvalue weighted by Crippen LogP contribution is -2.54. The molecule has 1 atom stereocenters. The normalized spacial score (nSPS) is 18.7. The zero-order valence-corrected chi connectivity index (χ0v) is 16.7. The largest absolute Gasteiger partial charge is 0.331 e. The van der Waals surface area contributed by atoms with Crippen molar-refractivity contribution in [3.05, 3.63) is 34.4 Å². The molecule has 1 aliphatic rings. The molecule has 1 unspecified atom stereocenters. The Hall–Kier alpha value is -1.49. The van der Waals surface area contributed by atoms with Crippen LogP contribution in [0, 0.1) is 6.92 Å². The molecule has 0 spiro atoms. The van der Waals surface area contributed by atoms with Gasteiger partial charge in [0.05, 0.1) is 5.69 Å². The van der Waals surface area contributed by atoms with Crippen molar-refractivity contribution in [3.8, 4) is 0 Å². The summed E-state index contributed by atoms with van der Waals surface area (Å²) in [7, 11) is -4.36. The third-order valence-electron chi connectivity index (χ3n) is 3.97. The third-order valence-corrected chi connectivity index (χ3v) is 7.10. The Morgan fingerprint density at radius 1 is 1.32 bits per heavy atom. The Morgan fingerprint density at radius 2 is 1.96 bits per heavy atom. The first-order valence-electron chi connectivity index (χ1n) is 7.49. The molecule has 2 amide bonds. The molecule has 0 radical (unpaired) electrons. The maximum Gasteiger partial charge on any atom is 0.331 e. The first kappa shape index (κ1) is 18.3. The summed E-state index contributed by atoms with van der Waals surface area (Å²) >= 11 is 4.17. The van der Waals surface area contributed by atoms with Crippen LogP contribution in [0.2, 0.25) is 0 Å². The Morgan fingerprint density at radius 3 is 2.52 bits per heavy atom. The molecule has 2 heterocycles. The van der Waals surface area contributed by atoms with Crippen molar-refractivity contribution in [2.75, 3.05) is 16.3 Å². The van der Waals surface area contributed by atoms with Gasteiger partial charge in [-0.3, -0.25) is 14.4 Å². The van der Waals surface area contributed by atoms with E-state index in [0.717, 1.165) is 21.5 Å². The second-order valence-corrected chi connectivity index (χ2v) is 9.27. The van der Waals surface area contributed by atoms with E-state index in [1.54, 1.807) is 4.90 Å². The number of carbonyl (C=O) groups is 1. The maximum atomic E-state index is 13.0. The highest BCUT2D eigenvalue weighted by atomic mass is 79.9. The van der Waals surface area contributed by atoms with Crippen molar-refractivity contribution < 1.29 is 17.8 Å². The van der Waals surface area contributed by atoms with Crippen LogP contribution in [0.3, 0.4) is 0 Å². The second-order valence-electron chi connectivity index (χ2n) is 5.76. The van der Waals surface area contributed by atoms with Crippen molar-refractivity contribution >= 4 is 54.2 Å². The van der Waals surface area contributed by atoms with Crippen LogP contribution in [-0.2, 0) is 10.1 Å². The van der Waals surface area contributed by atoms with E-state index in [1.807, 2.05) is 31.2 Å². The molecule has 0 bridgehead atoms. The number of halogens is 1. The van der Waals surface area contributed by atoms with Crippen LogP contribution < -0.4 is 9.80 Å². The molecule has 134 valence electrons. The van der Waals surface area contributed by atoms with E-state index in [-0.39, 0.29) is 27.1 Å². The van der Waals surface area contributed by atoms with Gasteiger partial charge in [0.1, 0.15) is 0 Å². The summed E-state index contributed by atoms with van der Waals surface area (Å²) in [6, 6.07) is 7.00. The van der Waals surface area contributed by atoms with Crippen molar-refractivity contribution in [2.24, 2.45) is 0 Å². The lowest BCUT2D eigenvalue weighted by Gasteiger charge is -2.38. The van der Waals surface area contributed by atoms with Crippen LogP contribution >= 0.6 is 27.3 Å². The number of carbonyl (C=O) groups excluding carboxylic acids is 1. The highest BCUT2D eigenvalue weighted by Crippen LogP contribution is 2.34. The molecule has 1 N–H and O–H groups in total. The summed E-state index contributed by atoms with van der Waals surface area (Å²) in [6.07, 6.45) is 0.710. The number of urea groups is 1. The Balaban J connectivity index is 1.97. The fourth-order valence-corrected chi connectivity index (χ4v) is 4.93. The van der Waals surface area contributed by atoms with E-state index in [4.69, 9.17) is 0 Å². The molecule has 1 aromatic heterocycles. The van der Waals surface area contributed by atoms with E-state index < -0.39 is 10.1 Å². The molecule has 3 rings (SSSR count). The summed E-state index contributed by atoms with van der Waals surface area (Å²) in [4.78, 5) is 20.3. The van der Waals surface area contributed by atoms with Gasteiger partial charge in [0.15, 0.2) is 9.34 Å². The fraction of sp³-hybridized carbons (Fsp3) is 0.333. The number of amides is 2. The number of aromatic nitrogens is 1.